The maximum absolute atomic E-state index is 2.86. The van der Waals surface area contributed by atoms with Crippen LogP contribution in [0.1, 0.15) is 106 Å². The lowest BCUT2D eigenvalue weighted by molar-refractivity contribution is 0.326. The molecule has 0 nitrogen and oxygen atoms in total. The third-order valence-corrected chi connectivity index (χ3v) is 9.32. The van der Waals surface area contributed by atoms with Crippen LogP contribution in [0, 0.1) is 11.8 Å². The zero-order chi connectivity index (χ0) is 17.1. The minimum Gasteiger partial charge on any atom is -0.0722 e. The van der Waals surface area contributed by atoms with Crippen LogP contribution in [0.3, 0.4) is 0 Å². The molecule has 0 aromatic rings. The Labute approximate surface area is 147 Å². The van der Waals surface area contributed by atoms with Crippen LogP contribution in [-0.4, -0.2) is 10.3 Å². The van der Waals surface area contributed by atoms with Crippen LogP contribution in [0.15, 0.2) is 11.4 Å². The second kappa shape index (κ2) is 8.03. The first-order valence-electron chi connectivity index (χ1n) is 10.2. The smallest absolute Gasteiger partial charge is 0.0140 e. The van der Waals surface area contributed by atoms with Crippen molar-refractivity contribution in [2.24, 2.45) is 11.8 Å². The van der Waals surface area contributed by atoms with Crippen molar-refractivity contribution in [3.8, 4) is 0 Å². The maximum atomic E-state index is 2.86. The van der Waals surface area contributed by atoms with Crippen molar-refractivity contribution in [1.82, 2.24) is 0 Å². The van der Waals surface area contributed by atoms with E-state index in [9.17, 15) is 0 Å². The van der Waals surface area contributed by atoms with E-state index in [-0.39, 0.29) is 7.92 Å². The van der Waals surface area contributed by atoms with Crippen LogP contribution in [0.25, 0.3) is 0 Å². The van der Waals surface area contributed by atoms with E-state index in [1.54, 1.807) is 0 Å². The van der Waals surface area contributed by atoms with Crippen molar-refractivity contribution in [2.75, 3.05) is 0 Å². The highest BCUT2D eigenvalue weighted by Gasteiger charge is 2.35. The average Bonchev–Trinajstić information content (AvgIpc) is 2.47. The fourth-order valence-electron chi connectivity index (χ4n) is 4.96. The van der Waals surface area contributed by atoms with Crippen LogP contribution in [0.2, 0.25) is 0 Å². The number of allylic oxidation sites excluding steroid dienone is 1. The Kier molecular flexibility index (Phi) is 6.81. The molecule has 0 aliphatic heterocycles. The summed E-state index contributed by atoms with van der Waals surface area (Å²) in [6.07, 6.45) is 14.7. The van der Waals surface area contributed by atoms with E-state index >= 15 is 0 Å². The van der Waals surface area contributed by atoms with Gasteiger partial charge in [0.1, 0.15) is 0 Å². The topological polar surface area (TPSA) is 0 Å². The first kappa shape index (κ1) is 19.5. The molecule has 2 saturated carbocycles. The highest BCUT2D eigenvalue weighted by molar-refractivity contribution is 7.64. The zero-order valence-corrected chi connectivity index (χ0v) is 17.6. The van der Waals surface area contributed by atoms with Gasteiger partial charge in [-0.3, -0.25) is 0 Å². The SMILES string of the molecule is CC(C)(C)P(C=C(C1CCCCC1)C1CCCCC1)C(C)(C)C. The van der Waals surface area contributed by atoms with Crippen LogP contribution in [0.5, 0.6) is 0 Å². The molecule has 0 aromatic carbocycles. The molecule has 0 aromatic heterocycles. The van der Waals surface area contributed by atoms with Gasteiger partial charge < -0.3 is 0 Å². The average molecular weight is 337 g/mol. The molecule has 0 heterocycles. The van der Waals surface area contributed by atoms with Crippen LogP contribution in [-0.2, 0) is 0 Å². The van der Waals surface area contributed by atoms with E-state index in [0.29, 0.717) is 10.3 Å². The van der Waals surface area contributed by atoms with Crippen molar-refractivity contribution >= 4 is 7.92 Å². The minimum absolute atomic E-state index is 0.0938. The van der Waals surface area contributed by atoms with E-state index in [4.69, 9.17) is 0 Å². The molecule has 0 N–H and O–H groups in total. The Morgan fingerprint density at radius 3 is 1.30 bits per heavy atom. The van der Waals surface area contributed by atoms with E-state index in [2.05, 4.69) is 47.4 Å². The summed E-state index contributed by atoms with van der Waals surface area (Å²) in [5.74, 6) is 4.70. The van der Waals surface area contributed by atoms with Crippen molar-refractivity contribution < 1.29 is 0 Å². The van der Waals surface area contributed by atoms with Gasteiger partial charge >= 0.3 is 0 Å². The summed E-state index contributed by atoms with van der Waals surface area (Å²) < 4.78 is 0. The molecule has 2 aliphatic carbocycles. The molecule has 0 atom stereocenters. The van der Waals surface area contributed by atoms with Crippen molar-refractivity contribution in [2.45, 2.75) is 116 Å². The fraction of sp³-hybridized carbons (Fsp3) is 0.909. The summed E-state index contributed by atoms with van der Waals surface area (Å²) in [4.78, 5) is 0. The van der Waals surface area contributed by atoms with Crippen LogP contribution >= 0.6 is 7.92 Å². The van der Waals surface area contributed by atoms with E-state index in [1.165, 1.54) is 64.2 Å². The molecule has 0 amide bonds. The Balaban J connectivity index is 2.32. The lowest BCUT2D eigenvalue weighted by Gasteiger charge is -2.42. The molecule has 0 bridgehead atoms. The van der Waals surface area contributed by atoms with E-state index in [0.717, 1.165) is 11.8 Å². The van der Waals surface area contributed by atoms with Crippen LogP contribution in [0.4, 0.5) is 0 Å². The maximum Gasteiger partial charge on any atom is -0.0140 e. The summed E-state index contributed by atoms with van der Waals surface area (Å²) in [7, 11) is -0.0938. The van der Waals surface area contributed by atoms with Gasteiger partial charge in [-0.2, -0.15) is 0 Å². The van der Waals surface area contributed by atoms with Gasteiger partial charge in [-0.1, -0.05) is 99.4 Å². The Bertz CT molecular complexity index is 347. The molecule has 1 heteroatoms. The Morgan fingerprint density at radius 1 is 0.652 bits per heavy atom. The quantitative estimate of drug-likeness (QED) is 0.456. The van der Waals surface area contributed by atoms with Gasteiger partial charge in [-0.25, -0.2) is 0 Å². The van der Waals surface area contributed by atoms with Gasteiger partial charge in [-0.05, 0) is 47.8 Å². The molecule has 0 spiro atoms. The Hall–Kier alpha value is 0.170. The molecule has 0 saturated heterocycles. The van der Waals surface area contributed by atoms with Gasteiger partial charge in [0.25, 0.3) is 0 Å². The minimum atomic E-state index is -0.0938. The third kappa shape index (κ3) is 5.59. The molecule has 0 unspecified atom stereocenters. The lowest BCUT2D eigenvalue weighted by Crippen LogP contribution is -2.25. The molecular weight excluding hydrogens is 295 g/mol. The van der Waals surface area contributed by atoms with E-state index in [1.807, 2.05) is 5.57 Å². The molecule has 2 fully saturated rings. The predicted octanol–water partition coefficient (Wildman–Crippen LogP) is 8.11. The van der Waals surface area contributed by atoms with Gasteiger partial charge in [0, 0.05) is 0 Å². The second-order valence-corrected chi connectivity index (χ2v) is 13.7. The largest absolute Gasteiger partial charge is 0.0722 e. The summed E-state index contributed by atoms with van der Waals surface area (Å²) in [5, 5.41) is 0.838. The van der Waals surface area contributed by atoms with Crippen molar-refractivity contribution in [3.05, 3.63) is 11.4 Å². The highest BCUT2D eigenvalue weighted by Crippen LogP contribution is 2.62. The summed E-state index contributed by atoms with van der Waals surface area (Å²) in [5.41, 5.74) is 1.92. The fourth-order valence-corrected chi connectivity index (χ4v) is 8.47. The van der Waals surface area contributed by atoms with E-state index < -0.39 is 0 Å². The molecular formula is C22H41P. The first-order chi connectivity index (χ1) is 10.7. The summed E-state index contributed by atoms with van der Waals surface area (Å²) >= 11 is 0. The monoisotopic (exact) mass is 336 g/mol. The van der Waals surface area contributed by atoms with Crippen molar-refractivity contribution in [1.29, 1.82) is 0 Å². The van der Waals surface area contributed by atoms with Gasteiger partial charge in [0.05, 0.1) is 0 Å². The molecule has 23 heavy (non-hydrogen) atoms. The number of hydrogen-bond acceptors (Lipinski definition) is 0. The normalized spacial score (nSPS) is 22.4. The lowest BCUT2D eigenvalue weighted by atomic mass is 9.74. The van der Waals surface area contributed by atoms with Gasteiger partial charge in [-0.15, -0.1) is 0 Å². The molecule has 134 valence electrons. The standard InChI is InChI=1S/C22H41P/c1-21(2,3)23(22(4,5)6)17-20(18-13-9-7-10-14-18)19-15-11-8-12-16-19/h17-19H,7-16H2,1-6H3. The van der Waals surface area contributed by atoms with Crippen LogP contribution < -0.4 is 0 Å². The van der Waals surface area contributed by atoms with Gasteiger partial charge in [0.2, 0.25) is 0 Å². The van der Waals surface area contributed by atoms with Crippen molar-refractivity contribution in [3.63, 3.8) is 0 Å². The summed E-state index contributed by atoms with van der Waals surface area (Å²) in [6.45, 7) is 14.8. The highest BCUT2D eigenvalue weighted by atomic mass is 31.1. The zero-order valence-electron chi connectivity index (χ0n) is 16.8. The second-order valence-electron chi connectivity index (χ2n) is 10.0. The first-order valence-corrected chi connectivity index (χ1v) is 11.6. The number of rotatable bonds is 3. The summed E-state index contributed by atoms with van der Waals surface area (Å²) in [6, 6.07) is 0. The molecule has 2 rings (SSSR count). The third-order valence-electron chi connectivity index (χ3n) is 5.88. The van der Waals surface area contributed by atoms with Gasteiger partial charge in [0.15, 0.2) is 0 Å². The predicted molar refractivity (Wildman–Crippen MR) is 108 cm³/mol. The molecule has 2 aliphatic rings. The molecule has 0 radical (unpaired) electrons. The number of hydrogen-bond donors (Lipinski definition) is 0. The Morgan fingerprint density at radius 2 is 1.00 bits per heavy atom.